The van der Waals surface area contributed by atoms with E-state index in [1.54, 1.807) is 0 Å². The van der Waals surface area contributed by atoms with Crippen LogP contribution < -0.4 is 10.6 Å². The summed E-state index contributed by atoms with van der Waals surface area (Å²) in [5.41, 5.74) is 6.28. The summed E-state index contributed by atoms with van der Waals surface area (Å²) in [6, 6.07) is 16.5. The number of nitrogens with one attached hydrogen (secondary N) is 2. The summed E-state index contributed by atoms with van der Waals surface area (Å²) < 4.78 is 0. The van der Waals surface area contributed by atoms with Crippen molar-refractivity contribution in [2.75, 3.05) is 10.6 Å². The van der Waals surface area contributed by atoms with Crippen LogP contribution in [-0.2, 0) is 26.7 Å². The topological polar surface area (TPSA) is 58.2 Å². The van der Waals surface area contributed by atoms with Gasteiger partial charge in [0, 0.05) is 30.1 Å². The Balaban J connectivity index is 0.00000600. The quantitative estimate of drug-likeness (QED) is 0.109. The maximum atomic E-state index is 12.6. The van der Waals surface area contributed by atoms with Gasteiger partial charge < -0.3 is 10.6 Å². The second kappa shape index (κ2) is 22.3. The molecule has 0 aromatic heterocycles. The molecule has 2 N–H and O–H groups in total. The van der Waals surface area contributed by atoms with Gasteiger partial charge in [-0.1, -0.05) is 95.1 Å². The molecule has 0 heterocycles. The molecule has 2 aromatic rings. The number of amides is 2. The molecule has 0 atom stereocenters. The Labute approximate surface area is 297 Å². The van der Waals surface area contributed by atoms with E-state index in [4.69, 9.17) is 0 Å². The zero-order chi connectivity index (χ0) is 32.4. The second-order valence-corrected chi connectivity index (χ2v) is 12.4. The number of anilines is 2. The van der Waals surface area contributed by atoms with Gasteiger partial charge in [-0.3, -0.25) is 9.59 Å². The smallest absolute Gasteiger partial charge is 0.326 e. The Bertz CT molecular complexity index is 1130. The van der Waals surface area contributed by atoms with Crippen molar-refractivity contribution >= 4 is 28.8 Å². The summed E-state index contributed by atoms with van der Waals surface area (Å²) in [6.07, 6.45) is 31.4. The first-order valence-electron chi connectivity index (χ1n) is 17.5. The van der Waals surface area contributed by atoms with Gasteiger partial charge in [0.1, 0.15) is 0 Å². The fraction of sp³-hybridized carbons (Fsp3) is 0.381. The second-order valence-electron chi connectivity index (χ2n) is 12.4. The fourth-order valence-electron chi connectivity index (χ4n) is 6.02. The molecule has 2 saturated carbocycles. The SMILES string of the molecule is CCCCCCCC(=O)Nc1ccc(C(=C(CC[C]2[CH][CH][CH][CH]2)[C]2[CH][CH][CH][CH]2)c2ccc(NC(=O)CCCCCCC)cc2)cc1.[Fe+2]. The summed E-state index contributed by atoms with van der Waals surface area (Å²) >= 11 is 0. The first kappa shape index (κ1) is 39.1. The van der Waals surface area contributed by atoms with E-state index >= 15 is 0 Å². The van der Waals surface area contributed by atoms with Gasteiger partial charge in [0.15, 0.2) is 0 Å². The molecule has 2 aliphatic rings. The van der Waals surface area contributed by atoms with E-state index < -0.39 is 0 Å². The van der Waals surface area contributed by atoms with Gasteiger partial charge in [-0.2, -0.15) is 0 Å². The summed E-state index contributed by atoms with van der Waals surface area (Å²) in [6.45, 7) is 4.41. The molecular weight excluding hydrogens is 620 g/mol. The number of carbonyl (C=O) groups is 2. The maximum absolute atomic E-state index is 12.6. The van der Waals surface area contributed by atoms with Crippen LogP contribution in [0.2, 0.25) is 0 Å². The molecule has 2 amide bonds. The number of unbranched alkanes of at least 4 members (excludes halogenated alkanes) is 8. The molecule has 47 heavy (non-hydrogen) atoms. The molecule has 0 saturated heterocycles. The summed E-state index contributed by atoms with van der Waals surface area (Å²) in [5, 5.41) is 6.19. The average molecular weight is 673 g/mol. The molecule has 5 heteroatoms. The van der Waals surface area contributed by atoms with E-state index in [1.165, 1.54) is 61.5 Å². The molecule has 2 fully saturated rings. The molecule has 0 aliphatic heterocycles. The summed E-state index contributed by atoms with van der Waals surface area (Å²) in [7, 11) is 0. The molecule has 2 aliphatic carbocycles. The van der Waals surface area contributed by atoms with Crippen molar-refractivity contribution in [1.29, 1.82) is 0 Å². The first-order valence-corrected chi connectivity index (χ1v) is 17.5. The Morgan fingerprint density at radius 2 is 0.957 bits per heavy atom. The van der Waals surface area contributed by atoms with Crippen LogP contribution in [-0.4, -0.2) is 11.8 Å². The number of benzene rings is 2. The van der Waals surface area contributed by atoms with Gasteiger partial charge in [0.05, 0.1) is 0 Å². The van der Waals surface area contributed by atoms with Crippen LogP contribution in [0.25, 0.3) is 5.57 Å². The minimum atomic E-state index is 0. The van der Waals surface area contributed by atoms with Crippen LogP contribution in [0.4, 0.5) is 11.4 Å². The predicted molar refractivity (Wildman–Crippen MR) is 193 cm³/mol. The predicted octanol–water partition coefficient (Wildman–Crippen LogP) is 10.7. The molecular formula is C42H52FeN2O2+2. The van der Waals surface area contributed by atoms with E-state index in [1.807, 2.05) is 24.3 Å². The monoisotopic (exact) mass is 672 g/mol. The third-order valence-corrected chi connectivity index (χ3v) is 8.64. The number of hydrogen-bond donors (Lipinski definition) is 2. The van der Waals surface area contributed by atoms with Gasteiger partial charge >= 0.3 is 17.1 Å². The Hall–Kier alpha value is -2.36. The first-order chi connectivity index (χ1) is 22.6. The molecule has 2 aromatic carbocycles. The van der Waals surface area contributed by atoms with Crippen LogP contribution in [0.5, 0.6) is 0 Å². The third kappa shape index (κ3) is 13.6. The average Bonchev–Trinajstić information content (AvgIpc) is 3.79. The Morgan fingerprint density at radius 1 is 0.532 bits per heavy atom. The van der Waals surface area contributed by atoms with Crippen molar-refractivity contribution in [3.63, 3.8) is 0 Å². The molecule has 0 bridgehead atoms. The van der Waals surface area contributed by atoms with Gasteiger partial charge in [-0.05, 0) is 124 Å². The molecule has 248 valence electrons. The minimum absolute atomic E-state index is 0. The van der Waals surface area contributed by atoms with Crippen LogP contribution in [0, 0.1) is 63.2 Å². The van der Waals surface area contributed by atoms with Gasteiger partial charge in [-0.15, -0.1) is 0 Å². The third-order valence-electron chi connectivity index (χ3n) is 8.64. The van der Waals surface area contributed by atoms with E-state index in [0.717, 1.165) is 61.0 Å². The van der Waals surface area contributed by atoms with Crippen molar-refractivity contribution in [2.24, 2.45) is 0 Å². The number of hydrogen-bond acceptors (Lipinski definition) is 2. The largest absolute Gasteiger partial charge is 2.00 e. The van der Waals surface area contributed by atoms with Crippen molar-refractivity contribution in [2.45, 2.75) is 104 Å². The zero-order valence-electron chi connectivity index (χ0n) is 28.3. The fourth-order valence-corrected chi connectivity index (χ4v) is 6.02. The van der Waals surface area contributed by atoms with Crippen LogP contribution >= 0.6 is 0 Å². The Morgan fingerprint density at radius 3 is 1.40 bits per heavy atom. The maximum Gasteiger partial charge on any atom is 2.00 e. The van der Waals surface area contributed by atoms with E-state index in [0.29, 0.717) is 12.8 Å². The Kier molecular flexibility index (Phi) is 18.5. The van der Waals surface area contributed by atoms with Crippen molar-refractivity contribution < 1.29 is 26.7 Å². The van der Waals surface area contributed by atoms with Gasteiger partial charge in [0.2, 0.25) is 11.8 Å². The van der Waals surface area contributed by atoms with Crippen LogP contribution in [0.1, 0.15) is 115 Å². The molecule has 4 nitrogen and oxygen atoms in total. The number of allylic oxidation sites excluding steroid dienone is 1. The molecule has 0 spiro atoms. The zero-order valence-corrected chi connectivity index (χ0v) is 29.4. The number of rotatable bonds is 20. The standard InChI is InChI=1S/C42H52N2O2.Fe/c1-3-5-7-9-11-21-40(45)43-37-28-24-35(25-29-37)42(39(34-19-15-16-20-34)32-23-33-17-13-14-18-33)36-26-30-38(31-27-36)44-41(46)22-12-10-8-6-4-2;/h13-20,24-31H,3-12,21-23,32H2,1-2H3,(H,43,45)(H,44,46);/q;+2. The van der Waals surface area contributed by atoms with Crippen LogP contribution in [0.3, 0.4) is 0 Å². The van der Waals surface area contributed by atoms with Gasteiger partial charge in [0.25, 0.3) is 0 Å². The molecule has 4 rings (SSSR count). The number of carbonyl (C=O) groups excluding carboxylic acids is 2. The minimum Gasteiger partial charge on any atom is -0.326 e. The van der Waals surface area contributed by atoms with E-state index in [2.05, 4.69) is 100 Å². The summed E-state index contributed by atoms with van der Waals surface area (Å²) in [4.78, 5) is 25.2. The molecule has 0 unspecified atom stereocenters. The van der Waals surface area contributed by atoms with E-state index in [-0.39, 0.29) is 28.9 Å². The van der Waals surface area contributed by atoms with Crippen molar-refractivity contribution in [3.05, 3.63) is 128 Å². The molecule has 10 radical (unpaired) electrons. The van der Waals surface area contributed by atoms with Gasteiger partial charge in [-0.25, -0.2) is 0 Å². The van der Waals surface area contributed by atoms with Crippen LogP contribution in [0.15, 0.2) is 54.1 Å². The van der Waals surface area contributed by atoms with Crippen molar-refractivity contribution in [3.8, 4) is 0 Å². The summed E-state index contributed by atoms with van der Waals surface area (Å²) in [5.74, 6) is 2.68. The van der Waals surface area contributed by atoms with E-state index in [9.17, 15) is 9.59 Å². The van der Waals surface area contributed by atoms with Crippen molar-refractivity contribution in [1.82, 2.24) is 0 Å². The normalized spacial score (nSPS) is 14.9.